The lowest BCUT2D eigenvalue weighted by molar-refractivity contribution is 0.0954. The molecule has 1 N–H and O–H groups in total. The summed E-state index contributed by atoms with van der Waals surface area (Å²) in [5.74, 6) is 2.01. The van der Waals surface area contributed by atoms with Crippen molar-refractivity contribution in [3.05, 3.63) is 89.5 Å². The number of carbonyl (C=O) groups excluding carboxylic acids is 1. The van der Waals surface area contributed by atoms with Crippen molar-refractivity contribution in [2.75, 3.05) is 20.3 Å². The fourth-order valence-corrected chi connectivity index (χ4v) is 3.05. The zero-order valence-electron chi connectivity index (χ0n) is 17.4. The van der Waals surface area contributed by atoms with Gasteiger partial charge in [0.05, 0.1) is 13.7 Å². The van der Waals surface area contributed by atoms with Crippen molar-refractivity contribution in [3.63, 3.8) is 0 Å². The normalized spacial score (nSPS) is 10.3. The van der Waals surface area contributed by atoms with Gasteiger partial charge in [0, 0.05) is 23.7 Å². The van der Waals surface area contributed by atoms with E-state index in [0.717, 1.165) is 17.7 Å². The van der Waals surface area contributed by atoms with Gasteiger partial charge in [0.25, 0.3) is 5.91 Å². The molecular formula is C25H27NO4. The number of benzene rings is 3. The van der Waals surface area contributed by atoms with E-state index in [4.69, 9.17) is 14.2 Å². The second kappa shape index (κ2) is 10.9. The van der Waals surface area contributed by atoms with Crippen LogP contribution in [0, 0.1) is 0 Å². The molecule has 156 valence electrons. The SMILES string of the molecule is CCOc1ccc(C(=O)NCCc2ccccc2)cc1COc1cccc(OC)c1. The summed E-state index contributed by atoms with van der Waals surface area (Å²) in [6.07, 6.45) is 0.787. The zero-order valence-corrected chi connectivity index (χ0v) is 17.4. The van der Waals surface area contributed by atoms with E-state index in [1.165, 1.54) is 5.56 Å². The number of hydrogen-bond donors (Lipinski definition) is 1. The molecule has 5 nitrogen and oxygen atoms in total. The lowest BCUT2D eigenvalue weighted by atomic mass is 10.1. The molecule has 0 saturated heterocycles. The molecule has 0 radical (unpaired) electrons. The third-order valence-corrected chi connectivity index (χ3v) is 4.60. The standard InChI is InChI=1S/C25H27NO4/c1-3-29-24-13-12-20(25(27)26-15-14-19-8-5-4-6-9-19)16-21(24)18-30-23-11-7-10-22(17-23)28-2/h4-13,16-17H,3,14-15,18H2,1-2H3,(H,26,27). The Morgan fingerprint density at radius 3 is 2.47 bits per heavy atom. The molecule has 0 unspecified atom stereocenters. The molecule has 3 aromatic carbocycles. The summed E-state index contributed by atoms with van der Waals surface area (Å²) in [7, 11) is 1.62. The Kier molecular flexibility index (Phi) is 7.72. The fraction of sp³-hybridized carbons (Fsp3) is 0.240. The molecular weight excluding hydrogens is 378 g/mol. The van der Waals surface area contributed by atoms with Gasteiger partial charge < -0.3 is 19.5 Å². The second-order valence-electron chi connectivity index (χ2n) is 6.71. The Hall–Kier alpha value is -3.47. The van der Waals surface area contributed by atoms with Gasteiger partial charge in [-0.3, -0.25) is 4.79 Å². The molecule has 0 spiro atoms. The molecule has 5 heteroatoms. The first-order valence-electron chi connectivity index (χ1n) is 10.0. The molecule has 0 bridgehead atoms. The van der Waals surface area contributed by atoms with Gasteiger partial charge in [0.1, 0.15) is 23.9 Å². The van der Waals surface area contributed by atoms with Crippen molar-refractivity contribution >= 4 is 5.91 Å². The van der Waals surface area contributed by atoms with Crippen molar-refractivity contribution in [2.24, 2.45) is 0 Å². The van der Waals surface area contributed by atoms with E-state index in [1.807, 2.05) is 61.5 Å². The van der Waals surface area contributed by atoms with Crippen LogP contribution >= 0.6 is 0 Å². The maximum Gasteiger partial charge on any atom is 0.251 e. The maximum atomic E-state index is 12.6. The van der Waals surface area contributed by atoms with Crippen molar-refractivity contribution in [1.29, 1.82) is 0 Å². The smallest absolute Gasteiger partial charge is 0.251 e. The summed E-state index contributed by atoms with van der Waals surface area (Å²) in [6.45, 7) is 3.32. The van der Waals surface area contributed by atoms with Gasteiger partial charge in [0.15, 0.2) is 0 Å². The Bertz CT molecular complexity index is 956. The Labute approximate surface area is 177 Å². The minimum atomic E-state index is -0.114. The van der Waals surface area contributed by atoms with Crippen LogP contribution in [-0.4, -0.2) is 26.2 Å². The largest absolute Gasteiger partial charge is 0.497 e. The van der Waals surface area contributed by atoms with Crippen molar-refractivity contribution in [2.45, 2.75) is 20.0 Å². The lowest BCUT2D eigenvalue weighted by Gasteiger charge is -2.14. The number of methoxy groups -OCH3 is 1. The van der Waals surface area contributed by atoms with Crippen LogP contribution in [0.4, 0.5) is 0 Å². The molecule has 0 aliphatic rings. The second-order valence-corrected chi connectivity index (χ2v) is 6.71. The molecule has 3 rings (SSSR count). The van der Waals surface area contributed by atoms with Crippen LogP contribution in [0.3, 0.4) is 0 Å². The monoisotopic (exact) mass is 405 g/mol. The van der Waals surface area contributed by atoms with Crippen LogP contribution in [0.15, 0.2) is 72.8 Å². The van der Waals surface area contributed by atoms with Crippen LogP contribution in [0.1, 0.15) is 28.4 Å². The summed E-state index contributed by atoms with van der Waals surface area (Å²) in [5.41, 5.74) is 2.59. The van der Waals surface area contributed by atoms with Gasteiger partial charge in [-0.15, -0.1) is 0 Å². The molecule has 0 saturated carbocycles. The summed E-state index contributed by atoms with van der Waals surface area (Å²) in [5, 5.41) is 2.98. The maximum absolute atomic E-state index is 12.6. The van der Waals surface area contributed by atoms with Crippen molar-refractivity contribution in [3.8, 4) is 17.2 Å². The average Bonchev–Trinajstić information content (AvgIpc) is 2.79. The summed E-state index contributed by atoms with van der Waals surface area (Å²) in [4.78, 5) is 12.6. The molecule has 3 aromatic rings. The highest BCUT2D eigenvalue weighted by Crippen LogP contribution is 2.24. The van der Waals surface area contributed by atoms with Crippen LogP contribution in [0.2, 0.25) is 0 Å². The molecule has 0 atom stereocenters. The number of carbonyl (C=O) groups is 1. The third-order valence-electron chi connectivity index (χ3n) is 4.60. The Morgan fingerprint density at radius 2 is 1.70 bits per heavy atom. The van der Waals surface area contributed by atoms with Crippen molar-refractivity contribution < 1.29 is 19.0 Å². The first kappa shape index (κ1) is 21.2. The Morgan fingerprint density at radius 1 is 0.900 bits per heavy atom. The van der Waals surface area contributed by atoms with Gasteiger partial charge in [-0.2, -0.15) is 0 Å². The quantitative estimate of drug-likeness (QED) is 0.534. The first-order chi connectivity index (χ1) is 14.7. The highest BCUT2D eigenvalue weighted by atomic mass is 16.5. The number of rotatable bonds is 10. The van der Waals surface area contributed by atoms with Crippen LogP contribution in [-0.2, 0) is 13.0 Å². The first-order valence-corrected chi connectivity index (χ1v) is 10.0. The number of hydrogen-bond acceptors (Lipinski definition) is 4. The number of nitrogens with one attached hydrogen (secondary N) is 1. The third kappa shape index (κ3) is 6.01. The number of ether oxygens (including phenoxy) is 3. The van der Waals surface area contributed by atoms with Crippen LogP contribution in [0.25, 0.3) is 0 Å². The molecule has 0 aromatic heterocycles. The van der Waals surface area contributed by atoms with E-state index in [9.17, 15) is 4.79 Å². The minimum absolute atomic E-state index is 0.114. The molecule has 0 aliphatic carbocycles. The van der Waals surface area contributed by atoms with Gasteiger partial charge in [-0.25, -0.2) is 0 Å². The van der Waals surface area contributed by atoms with Crippen molar-refractivity contribution in [1.82, 2.24) is 5.32 Å². The predicted octanol–water partition coefficient (Wildman–Crippen LogP) is 4.65. The molecule has 30 heavy (non-hydrogen) atoms. The highest BCUT2D eigenvalue weighted by molar-refractivity contribution is 5.94. The van der Waals surface area contributed by atoms with Gasteiger partial charge in [-0.1, -0.05) is 36.4 Å². The van der Waals surface area contributed by atoms with E-state index < -0.39 is 0 Å². The molecule has 0 heterocycles. The summed E-state index contributed by atoms with van der Waals surface area (Å²) in [6, 6.07) is 22.9. The summed E-state index contributed by atoms with van der Waals surface area (Å²) >= 11 is 0. The topological polar surface area (TPSA) is 56.8 Å². The van der Waals surface area contributed by atoms with Gasteiger partial charge in [0.2, 0.25) is 0 Å². The Balaban J connectivity index is 1.65. The zero-order chi connectivity index (χ0) is 21.2. The molecule has 0 fully saturated rings. The van der Waals surface area contributed by atoms with Gasteiger partial charge >= 0.3 is 0 Å². The predicted molar refractivity (Wildman–Crippen MR) is 117 cm³/mol. The number of amides is 1. The molecule has 0 aliphatic heterocycles. The van der Waals surface area contributed by atoms with E-state index in [1.54, 1.807) is 13.2 Å². The summed E-state index contributed by atoms with van der Waals surface area (Å²) < 4.78 is 16.8. The fourth-order valence-electron chi connectivity index (χ4n) is 3.05. The highest BCUT2D eigenvalue weighted by Gasteiger charge is 2.11. The van der Waals surface area contributed by atoms with Crippen LogP contribution < -0.4 is 19.5 Å². The van der Waals surface area contributed by atoms with E-state index in [0.29, 0.717) is 30.2 Å². The molecule has 1 amide bonds. The minimum Gasteiger partial charge on any atom is -0.497 e. The lowest BCUT2D eigenvalue weighted by Crippen LogP contribution is -2.25. The van der Waals surface area contributed by atoms with E-state index in [-0.39, 0.29) is 12.5 Å². The van der Waals surface area contributed by atoms with Crippen LogP contribution in [0.5, 0.6) is 17.2 Å². The average molecular weight is 405 g/mol. The van der Waals surface area contributed by atoms with E-state index in [2.05, 4.69) is 17.4 Å². The van der Waals surface area contributed by atoms with Gasteiger partial charge in [-0.05, 0) is 49.2 Å². The van der Waals surface area contributed by atoms with E-state index >= 15 is 0 Å².